The van der Waals surface area contributed by atoms with Crippen molar-refractivity contribution in [3.8, 4) is 5.69 Å². The van der Waals surface area contributed by atoms with Gasteiger partial charge >= 0.3 is 12.1 Å². The molecule has 0 saturated heterocycles. The summed E-state index contributed by atoms with van der Waals surface area (Å²) in [6.07, 6.45) is -4.94. The average molecular weight is 326 g/mol. The average Bonchev–Trinajstić information content (AvgIpc) is 2.73. The lowest BCUT2D eigenvalue weighted by Crippen LogP contribution is -2.12. The maximum absolute atomic E-state index is 12.7. The Morgan fingerprint density at radius 1 is 1.25 bits per heavy atom. The third-order valence-electron chi connectivity index (χ3n) is 2.21. The zero-order valence-electron chi connectivity index (χ0n) is 9.32. The summed E-state index contributed by atoms with van der Waals surface area (Å²) in [6.45, 7) is 0. The Hall–Kier alpha value is -1.80. The van der Waals surface area contributed by atoms with Gasteiger partial charge in [-0.2, -0.15) is 13.2 Å². The first kappa shape index (κ1) is 14.6. The molecule has 0 saturated carbocycles. The van der Waals surface area contributed by atoms with Crippen LogP contribution in [0.25, 0.3) is 5.69 Å². The van der Waals surface area contributed by atoms with E-state index in [4.69, 9.17) is 28.3 Å². The molecule has 0 amide bonds. The number of hydrogen-bond acceptors (Lipinski definition) is 3. The standard InChI is InChI=1S/C10H4Cl2F3N3O2/c11-4-1-2-6(5(12)3-4)18-16-7(9(19)20)8(17-18)10(13,14)15/h1-3H,(H,19,20). The third kappa shape index (κ3) is 2.70. The van der Waals surface area contributed by atoms with Crippen molar-refractivity contribution in [1.82, 2.24) is 15.0 Å². The quantitative estimate of drug-likeness (QED) is 0.919. The van der Waals surface area contributed by atoms with Crippen LogP contribution in [0.3, 0.4) is 0 Å². The number of aromatic nitrogens is 3. The van der Waals surface area contributed by atoms with Crippen molar-refractivity contribution in [2.45, 2.75) is 6.18 Å². The highest BCUT2D eigenvalue weighted by Crippen LogP contribution is 2.31. The van der Waals surface area contributed by atoms with Crippen molar-refractivity contribution in [2.75, 3.05) is 0 Å². The Balaban J connectivity index is 2.62. The van der Waals surface area contributed by atoms with Gasteiger partial charge in [0.25, 0.3) is 0 Å². The van der Waals surface area contributed by atoms with Gasteiger partial charge in [-0.3, -0.25) is 0 Å². The van der Waals surface area contributed by atoms with Gasteiger partial charge in [-0.25, -0.2) is 4.79 Å². The molecule has 0 spiro atoms. The van der Waals surface area contributed by atoms with E-state index in [1.807, 2.05) is 0 Å². The molecule has 0 fully saturated rings. The molecular weight excluding hydrogens is 322 g/mol. The number of halogens is 5. The number of hydrogen-bond donors (Lipinski definition) is 1. The molecule has 0 radical (unpaired) electrons. The van der Waals surface area contributed by atoms with E-state index in [9.17, 15) is 18.0 Å². The normalized spacial score (nSPS) is 11.7. The molecule has 0 bridgehead atoms. The first-order valence-electron chi connectivity index (χ1n) is 4.93. The molecule has 0 aliphatic heterocycles. The fraction of sp³-hybridized carbons (Fsp3) is 0.100. The monoisotopic (exact) mass is 325 g/mol. The fourth-order valence-electron chi connectivity index (χ4n) is 1.39. The number of rotatable bonds is 2. The summed E-state index contributed by atoms with van der Waals surface area (Å²) < 4.78 is 38.0. The zero-order chi connectivity index (χ0) is 15.1. The van der Waals surface area contributed by atoms with Crippen LogP contribution < -0.4 is 0 Å². The van der Waals surface area contributed by atoms with Gasteiger partial charge in [0.15, 0.2) is 0 Å². The summed E-state index contributed by atoms with van der Waals surface area (Å²) >= 11 is 11.5. The second-order valence-electron chi connectivity index (χ2n) is 3.59. The predicted molar refractivity (Wildman–Crippen MR) is 63.3 cm³/mol. The molecule has 2 rings (SSSR count). The number of nitrogens with zero attached hydrogens (tertiary/aromatic N) is 3. The van der Waals surface area contributed by atoms with Crippen LogP contribution in [0.5, 0.6) is 0 Å². The highest BCUT2D eigenvalue weighted by atomic mass is 35.5. The van der Waals surface area contributed by atoms with E-state index in [-0.39, 0.29) is 15.7 Å². The van der Waals surface area contributed by atoms with Crippen LogP contribution in [-0.2, 0) is 6.18 Å². The fourth-order valence-corrected chi connectivity index (χ4v) is 1.88. The van der Waals surface area contributed by atoms with Crippen molar-refractivity contribution in [2.24, 2.45) is 0 Å². The van der Waals surface area contributed by atoms with Crippen LogP contribution in [0.15, 0.2) is 18.2 Å². The first-order valence-corrected chi connectivity index (χ1v) is 5.69. The molecule has 5 nitrogen and oxygen atoms in total. The molecule has 0 aliphatic carbocycles. The van der Waals surface area contributed by atoms with Crippen molar-refractivity contribution < 1.29 is 23.1 Å². The van der Waals surface area contributed by atoms with Gasteiger partial charge in [0.2, 0.25) is 11.4 Å². The molecule has 20 heavy (non-hydrogen) atoms. The molecule has 10 heteroatoms. The second-order valence-corrected chi connectivity index (χ2v) is 4.43. The second kappa shape index (κ2) is 4.95. The van der Waals surface area contributed by atoms with E-state index in [0.717, 1.165) is 0 Å². The van der Waals surface area contributed by atoms with Crippen LogP contribution in [0.1, 0.15) is 16.2 Å². The lowest BCUT2D eigenvalue weighted by atomic mass is 10.3. The number of carboxylic acid groups (broad SMARTS) is 1. The van der Waals surface area contributed by atoms with Crippen LogP contribution in [0, 0.1) is 0 Å². The minimum Gasteiger partial charge on any atom is -0.476 e. The highest BCUT2D eigenvalue weighted by molar-refractivity contribution is 6.35. The van der Waals surface area contributed by atoms with Crippen LogP contribution in [-0.4, -0.2) is 26.1 Å². The van der Waals surface area contributed by atoms with Crippen molar-refractivity contribution in [3.05, 3.63) is 39.6 Å². The van der Waals surface area contributed by atoms with Gasteiger partial charge in [0, 0.05) is 5.02 Å². The Morgan fingerprint density at radius 2 is 1.90 bits per heavy atom. The Labute approximate surface area is 119 Å². The maximum atomic E-state index is 12.7. The summed E-state index contributed by atoms with van der Waals surface area (Å²) in [6, 6.07) is 3.91. The number of carbonyl (C=O) groups is 1. The Morgan fingerprint density at radius 3 is 2.35 bits per heavy atom. The molecule has 2 aromatic rings. The number of benzene rings is 1. The maximum Gasteiger partial charge on any atom is 0.437 e. The van der Waals surface area contributed by atoms with E-state index >= 15 is 0 Å². The summed E-state index contributed by atoms with van der Waals surface area (Å²) in [5, 5.41) is 15.4. The van der Waals surface area contributed by atoms with Gasteiger partial charge in [-0.1, -0.05) is 23.2 Å². The van der Waals surface area contributed by atoms with Gasteiger partial charge in [-0.05, 0) is 18.2 Å². The summed E-state index contributed by atoms with van der Waals surface area (Å²) in [7, 11) is 0. The molecule has 0 aliphatic rings. The Kier molecular flexibility index (Phi) is 3.61. The van der Waals surface area contributed by atoms with Crippen LogP contribution in [0.2, 0.25) is 10.0 Å². The minimum absolute atomic E-state index is 0.0156. The van der Waals surface area contributed by atoms with E-state index in [1.165, 1.54) is 18.2 Å². The minimum atomic E-state index is -4.94. The molecule has 0 unspecified atom stereocenters. The lowest BCUT2D eigenvalue weighted by Gasteiger charge is -2.03. The SMILES string of the molecule is O=C(O)c1nn(-c2ccc(Cl)cc2Cl)nc1C(F)(F)F. The first-order chi connectivity index (χ1) is 9.20. The van der Waals surface area contributed by atoms with Crippen LogP contribution in [0.4, 0.5) is 13.2 Å². The summed E-state index contributed by atoms with van der Waals surface area (Å²) in [5.74, 6) is -1.84. The summed E-state index contributed by atoms with van der Waals surface area (Å²) in [5.41, 5.74) is -2.83. The largest absolute Gasteiger partial charge is 0.476 e. The van der Waals surface area contributed by atoms with Crippen molar-refractivity contribution in [3.63, 3.8) is 0 Å². The zero-order valence-corrected chi connectivity index (χ0v) is 10.8. The van der Waals surface area contributed by atoms with E-state index in [2.05, 4.69) is 10.2 Å². The van der Waals surface area contributed by atoms with Gasteiger partial charge < -0.3 is 5.11 Å². The van der Waals surface area contributed by atoms with Gasteiger partial charge in [0.1, 0.15) is 5.69 Å². The molecule has 1 aromatic carbocycles. The van der Waals surface area contributed by atoms with E-state index < -0.39 is 23.5 Å². The lowest BCUT2D eigenvalue weighted by molar-refractivity contribution is -0.141. The topological polar surface area (TPSA) is 68.0 Å². The van der Waals surface area contributed by atoms with Gasteiger partial charge in [-0.15, -0.1) is 15.0 Å². The summed E-state index contributed by atoms with van der Waals surface area (Å²) in [4.78, 5) is 11.3. The molecule has 0 atom stereocenters. The molecule has 1 N–H and O–H groups in total. The third-order valence-corrected chi connectivity index (χ3v) is 2.75. The van der Waals surface area contributed by atoms with Gasteiger partial charge in [0.05, 0.1) is 5.02 Å². The number of aromatic carboxylic acids is 1. The molecule has 1 heterocycles. The highest BCUT2D eigenvalue weighted by Gasteiger charge is 2.41. The number of alkyl halides is 3. The smallest absolute Gasteiger partial charge is 0.437 e. The van der Waals surface area contributed by atoms with E-state index in [0.29, 0.717) is 4.80 Å². The molecule has 106 valence electrons. The van der Waals surface area contributed by atoms with E-state index in [1.54, 1.807) is 0 Å². The number of carboxylic acids is 1. The van der Waals surface area contributed by atoms with Crippen molar-refractivity contribution >= 4 is 29.2 Å². The predicted octanol–water partition coefficient (Wildman–Crippen LogP) is 3.29. The molecule has 1 aromatic heterocycles. The molecular formula is C10H4Cl2F3N3O2. The van der Waals surface area contributed by atoms with Crippen molar-refractivity contribution in [1.29, 1.82) is 0 Å². The van der Waals surface area contributed by atoms with Crippen LogP contribution >= 0.6 is 23.2 Å². The Bertz CT molecular complexity index is 685.